The molecule has 1 aliphatic heterocycles. The minimum Gasteiger partial charge on any atom is -0.490 e. The van der Waals surface area contributed by atoms with E-state index >= 15 is 0 Å². The molecule has 5 heteroatoms. The number of likely N-dealkylation sites (tertiary alicyclic amines) is 1. The molecule has 0 unspecified atom stereocenters. The Morgan fingerprint density at radius 1 is 0.971 bits per heavy atom. The number of hydrogen-bond acceptors (Lipinski definition) is 5. The van der Waals surface area contributed by atoms with Crippen molar-refractivity contribution in [2.45, 2.75) is 59.1 Å². The molecule has 1 aliphatic rings. The first-order chi connectivity index (χ1) is 16.9. The highest BCUT2D eigenvalue weighted by atomic mass is 16.5. The molecule has 5 nitrogen and oxygen atoms in total. The second-order valence-electron chi connectivity index (χ2n) is 9.69. The molecule has 0 amide bonds. The lowest BCUT2D eigenvalue weighted by atomic mass is 9.94. The number of aryl methyl sites for hydroxylation is 1. The van der Waals surface area contributed by atoms with Gasteiger partial charge in [0.2, 0.25) is 0 Å². The standard InChI is InChI=1S/C30H34N2O3/c1-21(2)35-30-25(20-32-13-7-8-14-32)17-24(16-23-9-5-4-6-10-23)18-26(30)28(33)19-29(34)27-15-22(3)11-12-31-27/h4-6,9-12,15,17-18,21H,7-8,13-14,16,19-20H2,1-3H3. The molecule has 0 atom stereocenters. The van der Waals surface area contributed by atoms with Crippen molar-refractivity contribution in [1.82, 2.24) is 9.88 Å². The van der Waals surface area contributed by atoms with Crippen LogP contribution in [0.3, 0.4) is 0 Å². The molecule has 4 rings (SSSR count). The Labute approximate surface area is 208 Å². The van der Waals surface area contributed by atoms with Crippen LogP contribution in [0.1, 0.15) is 76.2 Å². The summed E-state index contributed by atoms with van der Waals surface area (Å²) in [4.78, 5) is 33.1. The molecular weight excluding hydrogens is 436 g/mol. The van der Waals surface area contributed by atoms with E-state index in [2.05, 4.69) is 28.1 Å². The third-order valence-electron chi connectivity index (χ3n) is 6.25. The van der Waals surface area contributed by atoms with Gasteiger partial charge in [-0.25, -0.2) is 0 Å². The maximum atomic E-state index is 13.6. The van der Waals surface area contributed by atoms with Crippen molar-refractivity contribution in [3.05, 3.63) is 94.3 Å². The highest BCUT2D eigenvalue weighted by Crippen LogP contribution is 2.32. The summed E-state index contributed by atoms with van der Waals surface area (Å²) in [6.45, 7) is 8.67. The number of ketones is 2. The van der Waals surface area contributed by atoms with Gasteiger partial charge in [0.1, 0.15) is 11.4 Å². The molecule has 0 aliphatic carbocycles. The predicted molar refractivity (Wildman–Crippen MR) is 138 cm³/mol. The quantitative estimate of drug-likeness (QED) is 0.276. The van der Waals surface area contributed by atoms with Crippen LogP contribution in [0.4, 0.5) is 0 Å². The molecule has 0 saturated carbocycles. The number of rotatable bonds is 10. The smallest absolute Gasteiger partial charge is 0.188 e. The van der Waals surface area contributed by atoms with Crippen molar-refractivity contribution in [3.8, 4) is 5.75 Å². The maximum absolute atomic E-state index is 13.6. The summed E-state index contributed by atoms with van der Waals surface area (Å²) >= 11 is 0. The number of carbonyl (C=O) groups is 2. The van der Waals surface area contributed by atoms with Crippen LogP contribution in [0.25, 0.3) is 0 Å². The highest BCUT2D eigenvalue weighted by molar-refractivity contribution is 6.14. The van der Waals surface area contributed by atoms with E-state index in [9.17, 15) is 9.59 Å². The third-order valence-corrected chi connectivity index (χ3v) is 6.25. The molecule has 3 aromatic rings. The summed E-state index contributed by atoms with van der Waals surface area (Å²) < 4.78 is 6.25. The van der Waals surface area contributed by atoms with Crippen molar-refractivity contribution in [3.63, 3.8) is 0 Å². The number of benzene rings is 2. The van der Waals surface area contributed by atoms with Crippen molar-refractivity contribution in [1.29, 1.82) is 0 Å². The Balaban J connectivity index is 1.71. The van der Waals surface area contributed by atoms with Crippen LogP contribution < -0.4 is 4.74 Å². The number of aromatic nitrogens is 1. The average molecular weight is 471 g/mol. The first-order valence-electron chi connectivity index (χ1n) is 12.5. The van der Waals surface area contributed by atoms with Crippen LogP contribution in [0.2, 0.25) is 0 Å². The zero-order chi connectivity index (χ0) is 24.8. The van der Waals surface area contributed by atoms with Gasteiger partial charge in [-0.3, -0.25) is 19.5 Å². The molecule has 0 spiro atoms. The second-order valence-corrected chi connectivity index (χ2v) is 9.69. The van der Waals surface area contributed by atoms with E-state index < -0.39 is 0 Å². The summed E-state index contributed by atoms with van der Waals surface area (Å²) in [6, 6.07) is 17.9. The lowest BCUT2D eigenvalue weighted by molar-refractivity contribution is 0.0888. The van der Waals surface area contributed by atoms with Crippen LogP contribution in [0.15, 0.2) is 60.8 Å². The van der Waals surface area contributed by atoms with Crippen LogP contribution in [0, 0.1) is 6.92 Å². The number of Topliss-reactive ketones (excluding diaryl/α,β-unsaturated/α-hetero) is 2. The Kier molecular flexibility index (Phi) is 8.09. The number of ether oxygens (including phenoxy) is 1. The van der Waals surface area contributed by atoms with Gasteiger partial charge in [-0.2, -0.15) is 0 Å². The Morgan fingerprint density at radius 3 is 2.40 bits per heavy atom. The second kappa shape index (κ2) is 11.4. The van der Waals surface area contributed by atoms with Crippen LogP contribution in [0.5, 0.6) is 5.75 Å². The van der Waals surface area contributed by atoms with Crippen molar-refractivity contribution >= 4 is 11.6 Å². The van der Waals surface area contributed by atoms with Crippen LogP contribution in [-0.4, -0.2) is 40.6 Å². The molecule has 35 heavy (non-hydrogen) atoms. The van der Waals surface area contributed by atoms with Crippen molar-refractivity contribution < 1.29 is 14.3 Å². The summed E-state index contributed by atoms with van der Waals surface area (Å²) in [6.07, 6.45) is 4.37. The summed E-state index contributed by atoms with van der Waals surface area (Å²) in [5, 5.41) is 0. The van der Waals surface area contributed by atoms with Crippen LogP contribution in [-0.2, 0) is 13.0 Å². The fraction of sp³-hybridized carbons (Fsp3) is 0.367. The Hall–Kier alpha value is -3.31. The summed E-state index contributed by atoms with van der Waals surface area (Å²) in [5.74, 6) is 0.106. The van der Waals surface area contributed by atoms with E-state index in [1.807, 2.05) is 51.1 Å². The fourth-order valence-electron chi connectivity index (χ4n) is 4.59. The Morgan fingerprint density at radius 2 is 1.71 bits per heavy atom. The monoisotopic (exact) mass is 470 g/mol. The average Bonchev–Trinajstić information content (AvgIpc) is 3.34. The first kappa shape index (κ1) is 24.8. The molecular formula is C30H34N2O3. The van der Waals surface area contributed by atoms with E-state index in [4.69, 9.17) is 4.74 Å². The van der Waals surface area contributed by atoms with Crippen LogP contribution >= 0.6 is 0 Å². The molecule has 182 valence electrons. The topological polar surface area (TPSA) is 59.5 Å². The molecule has 0 radical (unpaired) electrons. The largest absolute Gasteiger partial charge is 0.490 e. The minimum atomic E-state index is -0.274. The molecule has 0 N–H and O–H groups in total. The normalized spacial score (nSPS) is 13.8. The van der Waals surface area contributed by atoms with E-state index in [1.54, 1.807) is 12.3 Å². The Bertz CT molecular complexity index is 1180. The zero-order valence-corrected chi connectivity index (χ0v) is 20.9. The summed E-state index contributed by atoms with van der Waals surface area (Å²) in [5.41, 5.74) is 4.99. The fourth-order valence-corrected chi connectivity index (χ4v) is 4.59. The minimum absolute atomic E-state index is 0.0898. The zero-order valence-electron chi connectivity index (χ0n) is 20.9. The van der Waals surface area contributed by atoms with Gasteiger partial charge in [-0.15, -0.1) is 0 Å². The molecule has 1 fully saturated rings. The number of hydrogen-bond donors (Lipinski definition) is 0. The number of pyridine rings is 1. The van der Waals surface area contributed by atoms with Gasteiger partial charge in [-0.1, -0.05) is 36.4 Å². The number of carbonyl (C=O) groups excluding carboxylic acids is 2. The van der Waals surface area contributed by atoms with E-state index in [-0.39, 0.29) is 24.1 Å². The van der Waals surface area contributed by atoms with E-state index in [0.29, 0.717) is 23.4 Å². The maximum Gasteiger partial charge on any atom is 0.188 e. The van der Waals surface area contributed by atoms with Gasteiger partial charge in [0.15, 0.2) is 11.6 Å². The van der Waals surface area contributed by atoms with Crippen molar-refractivity contribution in [2.75, 3.05) is 13.1 Å². The van der Waals surface area contributed by atoms with Gasteiger partial charge in [0, 0.05) is 18.3 Å². The molecule has 0 bridgehead atoms. The molecule has 2 heterocycles. The molecule has 1 aromatic heterocycles. The van der Waals surface area contributed by atoms with Gasteiger partial charge < -0.3 is 4.74 Å². The van der Waals surface area contributed by atoms with Crippen molar-refractivity contribution in [2.24, 2.45) is 0 Å². The van der Waals surface area contributed by atoms with Gasteiger partial charge in [0.25, 0.3) is 0 Å². The SMILES string of the molecule is Cc1ccnc(C(=O)CC(=O)c2cc(Cc3ccccc3)cc(CN3CCCC3)c2OC(C)C)c1. The molecule has 2 aromatic carbocycles. The van der Waals surface area contributed by atoms with Gasteiger partial charge >= 0.3 is 0 Å². The highest BCUT2D eigenvalue weighted by Gasteiger charge is 2.24. The number of nitrogens with zero attached hydrogens (tertiary/aromatic N) is 2. The van der Waals surface area contributed by atoms with Gasteiger partial charge in [-0.05, 0) is 88.0 Å². The van der Waals surface area contributed by atoms with E-state index in [0.717, 1.165) is 36.3 Å². The predicted octanol–water partition coefficient (Wildman–Crippen LogP) is 5.82. The summed E-state index contributed by atoms with van der Waals surface area (Å²) in [7, 11) is 0. The lowest BCUT2D eigenvalue weighted by Crippen LogP contribution is -2.21. The first-order valence-corrected chi connectivity index (χ1v) is 12.5. The third kappa shape index (κ3) is 6.64. The lowest BCUT2D eigenvalue weighted by Gasteiger charge is -2.23. The van der Waals surface area contributed by atoms with Gasteiger partial charge in [0.05, 0.1) is 18.1 Å². The van der Waals surface area contributed by atoms with E-state index in [1.165, 1.54) is 18.4 Å². The molecule has 1 saturated heterocycles.